The molecular weight excluding hydrogens is 330 g/mol. The molecule has 0 bridgehead atoms. The summed E-state index contributed by atoms with van der Waals surface area (Å²) in [5.74, 6) is -0.134. The monoisotopic (exact) mass is 349 g/mol. The fraction of sp³-hybridized carbons (Fsp3) is 0.312. The standard InChI is InChI=1S/C16H19N3O4S/c1-9(2)8-23-12-6-10(3)4-5-11(12)18-15(22)19-16-17-7-13(24-16)14(20)21/h4-7,9H,8H2,1-3H3,(H,20,21)(H2,17,18,19,22). The predicted octanol–water partition coefficient (Wildman–Crippen LogP) is 3.83. The Morgan fingerprint density at radius 3 is 2.71 bits per heavy atom. The van der Waals surface area contributed by atoms with Crippen LogP contribution in [0.3, 0.4) is 0 Å². The Labute approximate surface area is 143 Å². The minimum Gasteiger partial charge on any atom is -0.491 e. The highest BCUT2D eigenvalue weighted by atomic mass is 32.1. The molecule has 0 aliphatic rings. The van der Waals surface area contributed by atoms with Crippen LogP contribution < -0.4 is 15.4 Å². The van der Waals surface area contributed by atoms with Gasteiger partial charge in [0.25, 0.3) is 0 Å². The van der Waals surface area contributed by atoms with Gasteiger partial charge in [-0.1, -0.05) is 31.3 Å². The van der Waals surface area contributed by atoms with Crippen molar-refractivity contribution >= 4 is 34.2 Å². The number of aryl methyl sites for hydroxylation is 1. The van der Waals surface area contributed by atoms with Crippen molar-refractivity contribution in [2.45, 2.75) is 20.8 Å². The van der Waals surface area contributed by atoms with E-state index in [1.807, 2.05) is 32.9 Å². The second kappa shape index (κ2) is 7.78. The number of hydrogen-bond donors (Lipinski definition) is 3. The molecule has 1 heterocycles. The van der Waals surface area contributed by atoms with Gasteiger partial charge in [-0.15, -0.1) is 0 Å². The van der Waals surface area contributed by atoms with Gasteiger partial charge in [-0.25, -0.2) is 14.6 Å². The number of urea groups is 1. The maximum absolute atomic E-state index is 12.1. The summed E-state index contributed by atoms with van der Waals surface area (Å²) in [5.41, 5.74) is 1.56. The van der Waals surface area contributed by atoms with Crippen molar-refractivity contribution in [2.75, 3.05) is 17.2 Å². The molecule has 0 unspecified atom stereocenters. The van der Waals surface area contributed by atoms with Gasteiger partial charge in [0.05, 0.1) is 18.5 Å². The van der Waals surface area contributed by atoms with Crippen molar-refractivity contribution < 1.29 is 19.4 Å². The number of aromatic nitrogens is 1. The second-order valence-corrected chi connectivity index (χ2v) is 6.65. The molecule has 2 aromatic rings. The van der Waals surface area contributed by atoms with Gasteiger partial charge in [0.2, 0.25) is 0 Å². The molecule has 1 aromatic carbocycles. The molecule has 0 aliphatic carbocycles. The summed E-state index contributed by atoms with van der Waals surface area (Å²) in [6.45, 7) is 6.56. The summed E-state index contributed by atoms with van der Waals surface area (Å²) in [6.07, 6.45) is 1.20. The molecule has 2 rings (SSSR count). The summed E-state index contributed by atoms with van der Waals surface area (Å²) >= 11 is 0.887. The number of nitrogens with zero attached hydrogens (tertiary/aromatic N) is 1. The van der Waals surface area contributed by atoms with Gasteiger partial charge in [-0.3, -0.25) is 5.32 Å². The summed E-state index contributed by atoms with van der Waals surface area (Å²) in [4.78, 5) is 26.8. The van der Waals surface area contributed by atoms with Crippen molar-refractivity contribution in [2.24, 2.45) is 5.92 Å². The van der Waals surface area contributed by atoms with Gasteiger partial charge < -0.3 is 15.2 Å². The molecule has 0 saturated heterocycles. The number of hydrogen-bond acceptors (Lipinski definition) is 5. The van der Waals surface area contributed by atoms with Gasteiger partial charge in [0.15, 0.2) is 5.13 Å². The van der Waals surface area contributed by atoms with Gasteiger partial charge in [-0.05, 0) is 30.5 Å². The lowest BCUT2D eigenvalue weighted by Gasteiger charge is -2.14. The van der Waals surface area contributed by atoms with E-state index in [2.05, 4.69) is 15.6 Å². The quantitative estimate of drug-likeness (QED) is 0.736. The van der Waals surface area contributed by atoms with Crippen LogP contribution in [0.5, 0.6) is 5.75 Å². The van der Waals surface area contributed by atoms with Crippen LogP contribution in [0.2, 0.25) is 0 Å². The summed E-state index contributed by atoms with van der Waals surface area (Å²) in [7, 11) is 0. The molecule has 7 nitrogen and oxygen atoms in total. The van der Waals surface area contributed by atoms with Crippen molar-refractivity contribution in [3.63, 3.8) is 0 Å². The lowest BCUT2D eigenvalue weighted by molar-refractivity contribution is 0.0702. The molecule has 24 heavy (non-hydrogen) atoms. The Bertz CT molecular complexity index is 743. The fourth-order valence-corrected chi connectivity index (χ4v) is 2.44. The first-order chi connectivity index (χ1) is 11.3. The number of carboxylic acid groups (broad SMARTS) is 1. The number of carbonyl (C=O) groups excluding carboxylic acids is 1. The van der Waals surface area contributed by atoms with Crippen molar-refractivity contribution in [1.29, 1.82) is 0 Å². The van der Waals surface area contributed by atoms with E-state index in [0.29, 0.717) is 24.0 Å². The highest BCUT2D eigenvalue weighted by molar-refractivity contribution is 7.17. The number of carbonyl (C=O) groups is 2. The molecule has 8 heteroatoms. The molecule has 3 N–H and O–H groups in total. The normalized spacial score (nSPS) is 10.5. The van der Waals surface area contributed by atoms with Crippen LogP contribution in [0.15, 0.2) is 24.4 Å². The molecule has 1 aromatic heterocycles. The van der Waals surface area contributed by atoms with E-state index in [-0.39, 0.29) is 10.0 Å². The second-order valence-electron chi connectivity index (χ2n) is 5.62. The number of amides is 2. The van der Waals surface area contributed by atoms with E-state index in [9.17, 15) is 9.59 Å². The lowest BCUT2D eigenvalue weighted by Crippen LogP contribution is -2.20. The van der Waals surface area contributed by atoms with E-state index >= 15 is 0 Å². The fourth-order valence-electron chi connectivity index (χ4n) is 1.79. The van der Waals surface area contributed by atoms with Gasteiger partial charge >= 0.3 is 12.0 Å². The van der Waals surface area contributed by atoms with E-state index in [1.54, 1.807) is 6.07 Å². The predicted molar refractivity (Wildman–Crippen MR) is 93.2 cm³/mol. The van der Waals surface area contributed by atoms with E-state index in [1.165, 1.54) is 6.20 Å². The van der Waals surface area contributed by atoms with Crippen LogP contribution >= 0.6 is 11.3 Å². The Kier molecular flexibility index (Phi) is 5.75. The number of rotatable bonds is 6. The smallest absolute Gasteiger partial charge is 0.347 e. The van der Waals surface area contributed by atoms with Crippen LogP contribution in [0, 0.1) is 12.8 Å². The molecule has 0 atom stereocenters. The Morgan fingerprint density at radius 1 is 1.33 bits per heavy atom. The molecule has 2 amide bonds. The van der Waals surface area contributed by atoms with Crippen molar-refractivity contribution in [3.8, 4) is 5.75 Å². The third-order valence-electron chi connectivity index (χ3n) is 2.89. The molecule has 0 spiro atoms. The Balaban J connectivity index is 2.05. The number of carboxylic acids is 1. The van der Waals surface area contributed by atoms with Gasteiger partial charge in [0.1, 0.15) is 10.6 Å². The molecule has 0 fully saturated rings. The highest BCUT2D eigenvalue weighted by Gasteiger charge is 2.13. The van der Waals surface area contributed by atoms with Crippen LogP contribution in [-0.2, 0) is 0 Å². The van der Waals surface area contributed by atoms with Crippen LogP contribution in [0.25, 0.3) is 0 Å². The topological polar surface area (TPSA) is 101 Å². The maximum Gasteiger partial charge on any atom is 0.347 e. The third-order valence-corrected chi connectivity index (χ3v) is 3.80. The largest absolute Gasteiger partial charge is 0.491 e. The zero-order chi connectivity index (χ0) is 17.7. The minimum absolute atomic E-state index is 0.0570. The minimum atomic E-state index is -1.08. The average molecular weight is 349 g/mol. The first kappa shape index (κ1) is 17.7. The molecule has 0 aliphatic heterocycles. The molecule has 0 radical (unpaired) electrons. The lowest BCUT2D eigenvalue weighted by atomic mass is 10.2. The summed E-state index contributed by atoms with van der Waals surface area (Å²) < 4.78 is 5.73. The maximum atomic E-state index is 12.1. The third kappa shape index (κ3) is 4.95. The number of anilines is 2. The van der Waals surface area contributed by atoms with Gasteiger partial charge in [-0.2, -0.15) is 0 Å². The molecule has 128 valence electrons. The van der Waals surface area contributed by atoms with E-state index in [4.69, 9.17) is 9.84 Å². The van der Waals surface area contributed by atoms with Crippen LogP contribution in [0.1, 0.15) is 29.1 Å². The van der Waals surface area contributed by atoms with Crippen molar-refractivity contribution in [1.82, 2.24) is 4.98 Å². The van der Waals surface area contributed by atoms with Crippen LogP contribution in [-0.4, -0.2) is 28.7 Å². The zero-order valence-electron chi connectivity index (χ0n) is 13.6. The number of ether oxygens (including phenoxy) is 1. The SMILES string of the molecule is Cc1ccc(NC(=O)Nc2ncc(C(=O)O)s2)c(OCC(C)C)c1. The summed E-state index contributed by atoms with van der Waals surface area (Å²) in [5, 5.41) is 14.3. The van der Waals surface area contributed by atoms with Crippen LogP contribution in [0.4, 0.5) is 15.6 Å². The number of aromatic carboxylic acids is 1. The van der Waals surface area contributed by atoms with E-state index < -0.39 is 12.0 Å². The Morgan fingerprint density at radius 2 is 2.08 bits per heavy atom. The highest BCUT2D eigenvalue weighted by Crippen LogP contribution is 2.27. The number of benzene rings is 1. The first-order valence-corrected chi connectivity index (χ1v) is 8.17. The average Bonchev–Trinajstić information content (AvgIpc) is 2.96. The first-order valence-electron chi connectivity index (χ1n) is 7.35. The number of nitrogens with one attached hydrogen (secondary N) is 2. The summed E-state index contributed by atoms with van der Waals surface area (Å²) in [6, 6.07) is 4.96. The molecule has 0 saturated carbocycles. The zero-order valence-corrected chi connectivity index (χ0v) is 14.4. The number of thiazole rings is 1. The Hall–Kier alpha value is -2.61. The van der Waals surface area contributed by atoms with Gasteiger partial charge in [0, 0.05) is 0 Å². The molecular formula is C16H19N3O4S. The van der Waals surface area contributed by atoms with E-state index in [0.717, 1.165) is 16.9 Å². The van der Waals surface area contributed by atoms with Crippen molar-refractivity contribution in [3.05, 3.63) is 34.8 Å².